The molecule has 0 aromatic heterocycles. The maximum absolute atomic E-state index is 11.4. The third kappa shape index (κ3) is 5.59. The summed E-state index contributed by atoms with van der Waals surface area (Å²) in [5.41, 5.74) is -12.4. The Bertz CT molecular complexity index is 500. The van der Waals surface area contributed by atoms with Crippen LogP contribution < -0.4 is 5.32 Å². The quantitative estimate of drug-likeness (QED) is 0.686. The number of nitrogens with two attached hydrogens (primary N) is 1. The van der Waals surface area contributed by atoms with E-state index in [-0.39, 0.29) is 0 Å². The molecule has 15 heteroatoms. The maximum Gasteiger partial charge on any atom is 0.480 e. The summed E-state index contributed by atoms with van der Waals surface area (Å²) < 4.78 is 109. The number of aliphatic imine (C=N–C) groups is 1. The summed E-state index contributed by atoms with van der Waals surface area (Å²) in [6, 6.07) is 0. The minimum absolute atomic E-state index is 0.778. The van der Waals surface area contributed by atoms with Crippen molar-refractivity contribution >= 4 is 26.4 Å². The molecule has 1 heterocycles. The Kier molecular flexibility index (Phi) is 5.94. The average molecular weight is 351 g/mol. The predicted octanol–water partition coefficient (Wildman–Crippen LogP) is -0.349. The SMILES string of the molecule is C1=NCC[NH2+]1.O=S(=O)([N-]S(=O)(=O)C(F)(F)F)C(F)(F)F. The molecule has 1 aliphatic heterocycles. The summed E-state index contributed by atoms with van der Waals surface area (Å²) in [7, 11) is -13.4. The molecule has 1 rings (SSSR count). The van der Waals surface area contributed by atoms with Gasteiger partial charge < -0.3 is 9.44 Å². The van der Waals surface area contributed by atoms with Crippen LogP contribution in [-0.4, -0.2) is 47.3 Å². The Hall–Kier alpha value is -0.930. The van der Waals surface area contributed by atoms with Gasteiger partial charge in [0.05, 0.1) is 6.54 Å². The summed E-state index contributed by atoms with van der Waals surface area (Å²) in [6.07, 6.45) is 1.86. The molecule has 2 N–H and O–H groups in total. The first-order valence-corrected chi connectivity index (χ1v) is 7.27. The van der Waals surface area contributed by atoms with Gasteiger partial charge in [-0.25, -0.2) is 21.8 Å². The molecule has 0 aliphatic carbocycles. The van der Waals surface area contributed by atoms with Crippen LogP contribution in [-0.2, 0) is 20.0 Å². The molecule has 1 aliphatic rings. The molecule has 0 saturated carbocycles. The summed E-state index contributed by atoms with van der Waals surface area (Å²) >= 11 is 0. The fourth-order valence-corrected chi connectivity index (χ4v) is 2.30. The topological polar surface area (TPSA) is 111 Å². The third-order valence-corrected chi connectivity index (χ3v) is 4.16. The highest BCUT2D eigenvalue weighted by Crippen LogP contribution is 2.36. The number of hydrogen-bond acceptors (Lipinski definition) is 5. The van der Waals surface area contributed by atoms with Gasteiger partial charge in [0.15, 0.2) is 26.4 Å². The Morgan fingerprint density at radius 3 is 1.50 bits per heavy atom. The Balaban J connectivity index is 0.000000595. The van der Waals surface area contributed by atoms with Crippen LogP contribution >= 0.6 is 0 Å². The van der Waals surface area contributed by atoms with Crippen LogP contribution in [0.5, 0.6) is 0 Å². The van der Waals surface area contributed by atoms with E-state index in [2.05, 4.69) is 10.3 Å². The molecule has 0 amide bonds. The molecular weight excluding hydrogens is 344 g/mol. The first-order chi connectivity index (χ1) is 8.71. The standard InChI is InChI=1S/C3H6N2.C2F6NO4S2/c1-2-5-3-4-1;3-1(4,5)14(10,11)9-15(12,13)2(6,7)8/h3H,1-2H2,(H,4,5);/q;-1/p+1. The number of quaternary nitrogens is 1. The number of sulfonamides is 2. The van der Waals surface area contributed by atoms with Crippen molar-refractivity contribution in [2.75, 3.05) is 13.1 Å². The van der Waals surface area contributed by atoms with Gasteiger partial charge in [0, 0.05) is 0 Å². The zero-order valence-electron chi connectivity index (χ0n) is 9.18. The first-order valence-electron chi connectivity index (χ1n) is 4.39. The fraction of sp³-hybridized carbons (Fsp3) is 0.800. The van der Waals surface area contributed by atoms with E-state index in [9.17, 15) is 43.2 Å². The van der Waals surface area contributed by atoms with E-state index in [4.69, 9.17) is 0 Å². The molecule has 0 atom stereocenters. The van der Waals surface area contributed by atoms with Gasteiger partial charge in [-0.05, 0) is 0 Å². The van der Waals surface area contributed by atoms with Gasteiger partial charge >= 0.3 is 11.0 Å². The van der Waals surface area contributed by atoms with Crippen molar-refractivity contribution in [3.8, 4) is 0 Å². The van der Waals surface area contributed by atoms with Crippen molar-refractivity contribution in [2.24, 2.45) is 4.99 Å². The molecule has 20 heavy (non-hydrogen) atoms. The number of nitrogens with zero attached hydrogens (tertiary/aromatic N) is 2. The van der Waals surface area contributed by atoms with Crippen LogP contribution in [0.4, 0.5) is 26.3 Å². The van der Waals surface area contributed by atoms with Crippen molar-refractivity contribution < 1.29 is 48.5 Å². The second-order valence-electron chi connectivity index (χ2n) is 3.00. The van der Waals surface area contributed by atoms with Crippen LogP contribution in [0.15, 0.2) is 4.99 Å². The molecule has 0 radical (unpaired) electrons. The lowest BCUT2D eigenvalue weighted by atomic mass is 10.7. The van der Waals surface area contributed by atoms with Gasteiger partial charge in [0.25, 0.3) is 0 Å². The third-order valence-electron chi connectivity index (χ3n) is 1.42. The van der Waals surface area contributed by atoms with Gasteiger partial charge in [-0.1, -0.05) is 0 Å². The maximum atomic E-state index is 11.4. The summed E-state index contributed by atoms with van der Waals surface area (Å²) in [5, 5.41) is 2.07. The number of hydrogen-bond donors (Lipinski definition) is 1. The second-order valence-corrected chi connectivity index (χ2v) is 6.42. The normalized spacial score (nSPS) is 16.7. The van der Waals surface area contributed by atoms with Gasteiger partial charge in [0.1, 0.15) is 6.54 Å². The molecule has 0 aromatic rings. The van der Waals surface area contributed by atoms with E-state index in [1.807, 2.05) is 6.34 Å². The molecule has 0 fully saturated rings. The average Bonchev–Trinajstić information content (AvgIpc) is 2.68. The summed E-state index contributed by atoms with van der Waals surface area (Å²) in [6.45, 7) is 2.17. The van der Waals surface area contributed by atoms with Crippen molar-refractivity contribution in [1.82, 2.24) is 0 Å². The monoisotopic (exact) mass is 351 g/mol. The van der Waals surface area contributed by atoms with Crippen molar-refractivity contribution in [3.05, 3.63) is 4.13 Å². The van der Waals surface area contributed by atoms with Gasteiger partial charge in [-0.15, -0.1) is 0 Å². The van der Waals surface area contributed by atoms with E-state index in [0.717, 1.165) is 17.2 Å². The van der Waals surface area contributed by atoms with Crippen molar-refractivity contribution in [2.45, 2.75) is 11.0 Å². The Labute approximate surface area is 109 Å². The van der Waals surface area contributed by atoms with Crippen LogP contribution in [0, 0.1) is 0 Å². The fourth-order valence-electron chi connectivity index (χ4n) is 0.586. The number of alkyl halides is 6. The van der Waals surface area contributed by atoms with Crippen molar-refractivity contribution in [3.63, 3.8) is 0 Å². The molecule has 120 valence electrons. The second kappa shape index (κ2) is 6.23. The molecule has 0 spiro atoms. The van der Waals surface area contributed by atoms with Gasteiger partial charge in [-0.2, -0.15) is 26.3 Å². The van der Waals surface area contributed by atoms with Crippen LogP contribution in [0.25, 0.3) is 4.13 Å². The Morgan fingerprint density at radius 1 is 0.950 bits per heavy atom. The minimum Gasteiger partial charge on any atom is -0.421 e. The van der Waals surface area contributed by atoms with Crippen molar-refractivity contribution in [1.29, 1.82) is 0 Å². The van der Waals surface area contributed by atoms with Crippen LogP contribution in [0.1, 0.15) is 0 Å². The zero-order chi connectivity index (χ0) is 16.2. The van der Waals surface area contributed by atoms with E-state index >= 15 is 0 Å². The van der Waals surface area contributed by atoms with E-state index in [0.29, 0.717) is 0 Å². The summed E-state index contributed by atoms with van der Waals surface area (Å²) in [5.74, 6) is 0. The number of halogens is 6. The minimum atomic E-state index is -6.72. The lowest BCUT2D eigenvalue weighted by Gasteiger charge is -2.22. The smallest absolute Gasteiger partial charge is 0.421 e. The molecular formula is C5H7F6N3O4S2. The van der Waals surface area contributed by atoms with E-state index in [1.54, 1.807) is 0 Å². The first kappa shape index (κ1) is 19.1. The zero-order valence-corrected chi connectivity index (χ0v) is 10.8. The van der Waals surface area contributed by atoms with Gasteiger partial charge in [0.2, 0.25) is 0 Å². The lowest BCUT2D eigenvalue weighted by Crippen LogP contribution is -2.80. The van der Waals surface area contributed by atoms with Crippen LogP contribution in [0.3, 0.4) is 0 Å². The largest absolute Gasteiger partial charge is 0.480 e. The van der Waals surface area contributed by atoms with E-state index in [1.165, 1.54) is 0 Å². The highest BCUT2D eigenvalue weighted by atomic mass is 32.3. The predicted molar refractivity (Wildman–Crippen MR) is 53.5 cm³/mol. The number of rotatable bonds is 2. The molecule has 0 aromatic carbocycles. The summed E-state index contributed by atoms with van der Waals surface area (Å²) in [4.78, 5) is 3.90. The van der Waals surface area contributed by atoms with Crippen LogP contribution in [0.2, 0.25) is 0 Å². The molecule has 7 nitrogen and oxygen atoms in total. The molecule has 0 bridgehead atoms. The molecule has 0 saturated heterocycles. The molecule has 0 unspecified atom stereocenters. The highest BCUT2D eigenvalue weighted by Gasteiger charge is 2.46. The van der Waals surface area contributed by atoms with Gasteiger partial charge in [-0.3, -0.25) is 0 Å². The Morgan fingerprint density at radius 2 is 1.35 bits per heavy atom. The van der Waals surface area contributed by atoms with E-state index < -0.39 is 31.1 Å². The lowest BCUT2D eigenvalue weighted by molar-refractivity contribution is -0.518. The highest BCUT2D eigenvalue weighted by molar-refractivity contribution is 8.13.